The second kappa shape index (κ2) is 9.27. The normalized spacial score (nSPS) is 11.8. The van der Waals surface area contributed by atoms with Gasteiger partial charge in [-0.15, -0.1) is 0 Å². The van der Waals surface area contributed by atoms with Gasteiger partial charge < -0.3 is 19.4 Å². The van der Waals surface area contributed by atoms with Crippen LogP contribution in [0.1, 0.15) is 23.6 Å². The van der Waals surface area contributed by atoms with E-state index in [-0.39, 0.29) is 12.4 Å². The van der Waals surface area contributed by atoms with Crippen molar-refractivity contribution in [3.8, 4) is 5.75 Å². The average Bonchev–Trinajstić information content (AvgIpc) is 2.66. The third-order valence-electron chi connectivity index (χ3n) is 3.63. The average molecular weight is 355 g/mol. The standard InChI is InChI=1S/C20H21NO5/c1-14(15-8-6-9-17(22)11-15)21-26-12-16-7-4-5-10-18(16)19(13-24-2)20(23)25-3/h4-11,13,22H,12H2,1-3H3/b19-13+,21-14+. The van der Waals surface area contributed by atoms with Gasteiger partial charge in [0.2, 0.25) is 0 Å². The van der Waals surface area contributed by atoms with Gasteiger partial charge >= 0.3 is 5.97 Å². The molecule has 6 heteroatoms. The molecule has 0 atom stereocenters. The van der Waals surface area contributed by atoms with E-state index >= 15 is 0 Å². The van der Waals surface area contributed by atoms with Crippen LogP contribution in [0.15, 0.2) is 59.9 Å². The number of hydrogen-bond acceptors (Lipinski definition) is 6. The van der Waals surface area contributed by atoms with Gasteiger partial charge in [0.1, 0.15) is 17.9 Å². The molecule has 136 valence electrons. The number of oxime groups is 1. The second-order valence-corrected chi connectivity index (χ2v) is 5.42. The minimum absolute atomic E-state index is 0.157. The molecule has 0 saturated heterocycles. The molecular formula is C20H21NO5. The zero-order chi connectivity index (χ0) is 18.9. The summed E-state index contributed by atoms with van der Waals surface area (Å²) < 4.78 is 9.80. The summed E-state index contributed by atoms with van der Waals surface area (Å²) >= 11 is 0. The molecule has 2 aromatic rings. The lowest BCUT2D eigenvalue weighted by Gasteiger charge is -2.11. The SMILES string of the molecule is CO/C=C(/C(=O)OC)c1ccccc1CO/N=C(\C)c1cccc(O)c1. The monoisotopic (exact) mass is 355 g/mol. The molecule has 2 aromatic carbocycles. The van der Waals surface area contributed by atoms with Gasteiger partial charge in [0.25, 0.3) is 0 Å². The Balaban J connectivity index is 2.19. The molecule has 0 heterocycles. The number of nitrogens with zero attached hydrogens (tertiary/aromatic N) is 1. The number of carbonyl (C=O) groups is 1. The van der Waals surface area contributed by atoms with Crippen molar-refractivity contribution in [1.29, 1.82) is 0 Å². The maximum atomic E-state index is 12.0. The molecule has 2 rings (SSSR count). The lowest BCUT2D eigenvalue weighted by molar-refractivity contribution is -0.133. The summed E-state index contributed by atoms with van der Waals surface area (Å²) in [5.41, 5.74) is 3.08. The number of benzene rings is 2. The third kappa shape index (κ3) is 4.86. The lowest BCUT2D eigenvalue weighted by atomic mass is 10.0. The quantitative estimate of drug-likeness (QED) is 0.270. The van der Waals surface area contributed by atoms with Crippen molar-refractivity contribution in [2.45, 2.75) is 13.5 Å². The van der Waals surface area contributed by atoms with Gasteiger partial charge in [0.15, 0.2) is 0 Å². The first-order chi connectivity index (χ1) is 12.6. The molecule has 0 aliphatic heterocycles. The fourth-order valence-electron chi connectivity index (χ4n) is 2.34. The molecule has 0 bridgehead atoms. The van der Waals surface area contributed by atoms with Crippen LogP contribution >= 0.6 is 0 Å². The molecular weight excluding hydrogens is 334 g/mol. The van der Waals surface area contributed by atoms with Crippen LogP contribution in [0, 0.1) is 0 Å². The second-order valence-electron chi connectivity index (χ2n) is 5.42. The van der Waals surface area contributed by atoms with Crippen LogP contribution in [0.2, 0.25) is 0 Å². The summed E-state index contributed by atoms with van der Waals surface area (Å²) in [4.78, 5) is 17.4. The largest absolute Gasteiger partial charge is 0.508 e. The Hall–Kier alpha value is -3.28. The van der Waals surface area contributed by atoms with E-state index in [1.165, 1.54) is 20.5 Å². The van der Waals surface area contributed by atoms with Gasteiger partial charge in [0, 0.05) is 11.1 Å². The van der Waals surface area contributed by atoms with E-state index in [0.717, 1.165) is 11.1 Å². The number of ether oxygens (including phenoxy) is 2. The van der Waals surface area contributed by atoms with E-state index in [2.05, 4.69) is 5.16 Å². The Morgan fingerprint density at radius 2 is 1.92 bits per heavy atom. The first-order valence-corrected chi connectivity index (χ1v) is 7.92. The summed E-state index contributed by atoms with van der Waals surface area (Å²) in [6.07, 6.45) is 1.34. The van der Waals surface area contributed by atoms with E-state index in [4.69, 9.17) is 14.3 Å². The molecule has 0 radical (unpaired) electrons. The molecule has 0 aromatic heterocycles. The van der Waals surface area contributed by atoms with E-state index in [9.17, 15) is 9.90 Å². The Bertz CT molecular complexity index is 826. The summed E-state index contributed by atoms with van der Waals surface area (Å²) in [5.74, 6) is -0.339. The van der Waals surface area contributed by atoms with Crippen molar-refractivity contribution >= 4 is 17.3 Å². The van der Waals surface area contributed by atoms with Gasteiger partial charge in [-0.25, -0.2) is 4.79 Å². The van der Waals surface area contributed by atoms with Crippen molar-refractivity contribution in [1.82, 2.24) is 0 Å². The smallest absolute Gasteiger partial charge is 0.341 e. The highest BCUT2D eigenvalue weighted by Crippen LogP contribution is 2.22. The summed E-state index contributed by atoms with van der Waals surface area (Å²) in [7, 11) is 2.78. The van der Waals surface area contributed by atoms with E-state index in [0.29, 0.717) is 16.8 Å². The predicted octanol–water partition coefficient (Wildman–Crippen LogP) is 3.49. The minimum atomic E-state index is -0.501. The summed E-state index contributed by atoms with van der Waals surface area (Å²) in [5, 5.41) is 13.6. The van der Waals surface area contributed by atoms with Gasteiger partial charge in [-0.05, 0) is 24.6 Å². The first kappa shape index (κ1) is 19.1. The zero-order valence-corrected chi connectivity index (χ0v) is 14.9. The molecule has 0 amide bonds. The molecule has 0 aliphatic rings. The molecule has 0 fully saturated rings. The van der Waals surface area contributed by atoms with Crippen molar-refractivity contribution in [2.75, 3.05) is 14.2 Å². The topological polar surface area (TPSA) is 77.4 Å². The number of phenols is 1. The molecule has 0 unspecified atom stereocenters. The molecule has 0 saturated carbocycles. The molecule has 1 N–H and O–H groups in total. The third-order valence-corrected chi connectivity index (χ3v) is 3.63. The van der Waals surface area contributed by atoms with Crippen LogP contribution in [0.4, 0.5) is 0 Å². The van der Waals surface area contributed by atoms with Gasteiger partial charge in [0.05, 0.1) is 26.2 Å². The number of rotatable bonds is 7. The molecule has 6 nitrogen and oxygen atoms in total. The summed E-state index contributed by atoms with van der Waals surface area (Å²) in [6.45, 7) is 1.94. The van der Waals surface area contributed by atoms with Crippen LogP contribution in [0.25, 0.3) is 5.57 Å². The van der Waals surface area contributed by atoms with Crippen molar-refractivity contribution in [3.05, 3.63) is 71.5 Å². The number of hydrogen-bond donors (Lipinski definition) is 1. The van der Waals surface area contributed by atoms with E-state index in [1.54, 1.807) is 31.2 Å². The van der Waals surface area contributed by atoms with E-state index in [1.807, 2.05) is 24.3 Å². The van der Waals surface area contributed by atoms with Crippen LogP contribution in [-0.4, -0.2) is 31.0 Å². The number of carbonyl (C=O) groups excluding carboxylic acids is 1. The maximum absolute atomic E-state index is 12.0. The van der Waals surface area contributed by atoms with Crippen molar-refractivity contribution in [2.24, 2.45) is 5.16 Å². The van der Waals surface area contributed by atoms with Crippen molar-refractivity contribution in [3.63, 3.8) is 0 Å². The lowest BCUT2D eigenvalue weighted by Crippen LogP contribution is -2.07. The highest BCUT2D eigenvalue weighted by Gasteiger charge is 2.16. The predicted molar refractivity (Wildman–Crippen MR) is 98.6 cm³/mol. The van der Waals surface area contributed by atoms with Gasteiger partial charge in [-0.3, -0.25) is 0 Å². The highest BCUT2D eigenvalue weighted by atomic mass is 16.6. The maximum Gasteiger partial charge on any atom is 0.341 e. The Labute approximate surface area is 152 Å². The Kier molecular flexibility index (Phi) is 6.79. The van der Waals surface area contributed by atoms with E-state index < -0.39 is 5.97 Å². The Morgan fingerprint density at radius 1 is 1.15 bits per heavy atom. The Morgan fingerprint density at radius 3 is 2.62 bits per heavy atom. The first-order valence-electron chi connectivity index (χ1n) is 7.92. The highest BCUT2D eigenvalue weighted by molar-refractivity contribution is 6.16. The molecule has 26 heavy (non-hydrogen) atoms. The fraction of sp³-hybridized carbons (Fsp3) is 0.200. The van der Waals surface area contributed by atoms with Crippen LogP contribution in [0.3, 0.4) is 0 Å². The number of phenolic OH excluding ortho intramolecular Hbond substituents is 1. The van der Waals surface area contributed by atoms with Crippen LogP contribution in [-0.2, 0) is 25.7 Å². The van der Waals surface area contributed by atoms with Gasteiger partial charge in [-0.1, -0.05) is 41.6 Å². The zero-order valence-electron chi connectivity index (χ0n) is 14.9. The van der Waals surface area contributed by atoms with Crippen molar-refractivity contribution < 1.29 is 24.2 Å². The number of aromatic hydroxyl groups is 1. The minimum Gasteiger partial charge on any atom is -0.508 e. The number of esters is 1. The fourth-order valence-corrected chi connectivity index (χ4v) is 2.34. The summed E-state index contributed by atoms with van der Waals surface area (Å²) in [6, 6.07) is 14.0. The molecule has 0 spiro atoms. The number of methoxy groups -OCH3 is 2. The molecule has 0 aliphatic carbocycles. The van der Waals surface area contributed by atoms with Gasteiger partial charge in [-0.2, -0.15) is 0 Å². The van der Waals surface area contributed by atoms with Crippen LogP contribution in [0.5, 0.6) is 5.75 Å². The van der Waals surface area contributed by atoms with Crippen LogP contribution < -0.4 is 0 Å².